The van der Waals surface area contributed by atoms with Gasteiger partial charge in [0.2, 0.25) is 0 Å². The molecule has 2 amide bonds. The number of carbonyl (C=O) groups is 1. The van der Waals surface area contributed by atoms with Crippen LogP contribution in [0.4, 0.5) is 14.9 Å². The summed E-state index contributed by atoms with van der Waals surface area (Å²) in [5.74, 6) is 0.0517. The van der Waals surface area contributed by atoms with Crippen molar-refractivity contribution >= 4 is 11.7 Å². The lowest BCUT2D eigenvalue weighted by atomic mass is 10.0. The van der Waals surface area contributed by atoms with E-state index in [4.69, 9.17) is 4.74 Å². The molecule has 3 N–H and O–H groups in total. The molecule has 0 radical (unpaired) electrons. The maximum Gasteiger partial charge on any atom is 0.319 e. The molecule has 1 rings (SSSR count). The summed E-state index contributed by atoms with van der Waals surface area (Å²) >= 11 is 0. The van der Waals surface area contributed by atoms with Gasteiger partial charge in [-0.15, -0.1) is 0 Å². The molecule has 0 spiro atoms. The van der Waals surface area contributed by atoms with Crippen molar-refractivity contribution in [2.45, 2.75) is 26.4 Å². The van der Waals surface area contributed by atoms with E-state index >= 15 is 0 Å². The van der Waals surface area contributed by atoms with E-state index in [1.807, 2.05) is 13.8 Å². The van der Waals surface area contributed by atoms with Crippen LogP contribution in [0, 0.1) is 11.7 Å². The Hall–Kier alpha value is -1.82. The zero-order valence-electron chi connectivity index (χ0n) is 11.9. The van der Waals surface area contributed by atoms with Crippen LogP contribution >= 0.6 is 0 Å². The topological polar surface area (TPSA) is 70.6 Å². The lowest BCUT2D eigenvalue weighted by Crippen LogP contribution is -2.32. The number of carbonyl (C=O) groups excluding carboxylic acids is 1. The number of amides is 2. The van der Waals surface area contributed by atoms with Gasteiger partial charge in [-0.05, 0) is 24.5 Å². The number of hydrogen-bond acceptors (Lipinski definition) is 3. The number of aliphatic hydroxyl groups is 1. The number of nitrogens with one attached hydrogen (secondary N) is 2. The Bertz CT molecular complexity index is 452. The van der Waals surface area contributed by atoms with Crippen LogP contribution in [0.15, 0.2) is 18.2 Å². The van der Waals surface area contributed by atoms with Gasteiger partial charge in [0.1, 0.15) is 11.6 Å². The highest BCUT2D eigenvalue weighted by Crippen LogP contribution is 2.20. The Morgan fingerprint density at radius 3 is 2.75 bits per heavy atom. The number of halogens is 1. The molecule has 0 heterocycles. The highest BCUT2D eigenvalue weighted by atomic mass is 19.1. The van der Waals surface area contributed by atoms with E-state index in [0.717, 1.165) is 0 Å². The molecular weight excluding hydrogens is 263 g/mol. The van der Waals surface area contributed by atoms with Crippen molar-refractivity contribution in [3.63, 3.8) is 0 Å². The van der Waals surface area contributed by atoms with Gasteiger partial charge in [-0.25, -0.2) is 9.18 Å². The number of benzene rings is 1. The quantitative estimate of drug-likeness (QED) is 0.751. The van der Waals surface area contributed by atoms with Crippen molar-refractivity contribution in [3.8, 4) is 5.75 Å². The molecule has 1 aromatic carbocycles. The van der Waals surface area contributed by atoms with Crippen LogP contribution in [0.1, 0.15) is 20.3 Å². The van der Waals surface area contributed by atoms with Crippen LogP contribution in [-0.2, 0) is 0 Å². The van der Waals surface area contributed by atoms with E-state index in [2.05, 4.69) is 10.6 Å². The Morgan fingerprint density at radius 2 is 2.15 bits per heavy atom. The zero-order valence-corrected chi connectivity index (χ0v) is 11.9. The normalized spacial score (nSPS) is 12.1. The van der Waals surface area contributed by atoms with Gasteiger partial charge in [-0.1, -0.05) is 13.8 Å². The van der Waals surface area contributed by atoms with Gasteiger partial charge in [0.15, 0.2) is 0 Å². The smallest absolute Gasteiger partial charge is 0.319 e. The summed E-state index contributed by atoms with van der Waals surface area (Å²) in [7, 11) is 1.46. The second-order valence-corrected chi connectivity index (χ2v) is 4.83. The SMILES string of the molecule is COc1ccc(F)c(NC(=O)NCCC(O)C(C)C)c1. The summed E-state index contributed by atoms with van der Waals surface area (Å²) in [4.78, 5) is 11.6. The van der Waals surface area contributed by atoms with Crippen molar-refractivity contribution < 1.29 is 19.0 Å². The number of methoxy groups -OCH3 is 1. The summed E-state index contributed by atoms with van der Waals surface area (Å²) in [5, 5.41) is 14.6. The average molecular weight is 284 g/mol. The molecule has 5 nitrogen and oxygen atoms in total. The molecule has 0 aromatic heterocycles. The first-order chi connectivity index (χ1) is 9.43. The minimum Gasteiger partial charge on any atom is -0.497 e. The van der Waals surface area contributed by atoms with Crippen LogP contribution in [0.25, 0.3) is 0 Å². The molecule has 112 valence electrons. The van der Waals surface area contributed by atoms with Crippen LogP contribution in [0.3, 0.4) is 0 Å². The minimum absolute atomic E-state index is 0.0475. The number of ether oxygens (including phenoxy) is 1. The van der Waals surface area contributed by atoms with Crippen molar-refractivity contribution in [1.82, 2.24) is 5.32 Å². The van der Waals surface area contributed by atoms with E-state index < -0.39 is 18.0 Å². The highest BCUT2D eigenvalue weighted by Gasteiger charge is 2.11. The number of aliphatic hydroxyl groups excluding tert-OH is 1. The maximum absolute atomic E-state index is 13.5. The van der Waals surface area contributed by atoms with Crippen LogP contribution < -0.4 is 15.4 Å². The highest BCUT2D eigenvalue weighted by molar-refractivity contribution is 5.89. The van der Waals surface area contributed by atoms with E-state index in [1.165, 1.54) is 25.3 Å². The standard InChI is InChI=1S/C14H21FN2O3/c1-9(2)13(18)6-7-16-14(19)17-12-8-10(20-3)4-5-11(12)15/h4-5,8-9,13,18H,6-7H2,1-3H3,(H2,16,17,19). The second kappa shape index (κ2) is 7.69. The third-order valence-electron chi connectivity index (χ3n) is 2.92. The molecule has 0 aliphatic carbocycles. The zero-order chi connectivity index (χ0) is 15.1. The van der Waals surface area contributed by atoms with Gasteiger partial charge in [0, 0.05) is 12.6 Å². The molecule has 0 bridgehead atoms. The first-order valence-electron chi connectivity index (χ1n) is 6.50. The molecule has 0 saturated carbocycles. The molecule has 1 aromatic rings. The molecule has 0 aliphatic rings. The molecule has 0 saturated heterocycles. The third kappa shape index (κ3) is 5.05. The summed E-state index contributed by atoms with van der Waals surface area (Å²) in [6.07, 6.45) is -0.0186. The monoisotopic (exact) mass is 284 g/mol. The van der Waals surface area contributed by atoms with Gasteiger partial charge in [0.25, 0.3) is 0 Å². The van der Waals surface area contributed by atoms with Crippen molar-refractivity contribution in [3.05, 3.63) is 24.0 Å². The van der Waals surface area contributed by atoms with Gasteiger partial charge in [0.05, 0.1) is 18.9 Å². The van der Waals surface area contributed by atoms with E-state index in [0.29, 0.717) is 18.7 Å². The second-order valence-electron chi connectivity index (χ2n) is 4.83. The Balaban J connectivity index is 2.46. The first-order valence-corrected chi connectivity index (χ1v) is 6.50. The predicted octanol–water partition coefficient (Wildman–Crippen LogP) is 2.36. The Morgan fingerprint density at radius 1 is 1.45 bits per heavy atom. The molecule has 6 heteroatoms. The van der Waals surface area contributed by atoms with E-state index in [1.54, 1.807) is 0 Å². The fourth-order valence-corrected chi connectivity index (χ4v) is 1.56. The van der Waals surface area contributed by atoms with Gasteiger partial charge >= 0.3 is 6.03 Å². The van der Waals surface area contributed by atoms with Gasteiger partial charge in [-0.2, -0.15) is 0 Å². The lowest BCUT2D eigenvalue weighted by molar-refractivity contribution is 0.117. The van der Waals surface area contributed by atoms with Crippen LogP contribution in [0.2, 0.25) is 0 Å². The molecule has 0 fully saturated rings. The van der Waals surface area contributed by atoms with E-state index in [-0.39, 0.29) is 11.6 Å². The largest absolute Gasteiger partial charge is 0.497 e. The summed E-state index contributed by atoms with van der Waals surface area (Å²) in [6.45, 7) is 4.11. The van der Waals surface area contributed by atoms with Gasteiger partial charge < -0.3 is 20.5 Å². The molecule has 20 heavy (non-hydrogen) atoms. The molecular formula is C14H21FN2O3. The summed E-state index contributed by atoms with van der Waals surface area (Å²) in [6, 6.07) is 3.57. The third-order valence-corrected chi connectivity index (χ3v) is 2.92. The lowest BCUT2D eigenvalue weighted by Gasteiger charge is -2.15. The maximum atomic E-state index is 13.5. The Labute approximate surface area is 118 Å². The van der Waals surface area contributed by atoms with Crippen molar-refractivity contribution in [2.75, 3.05) is 19.0 Å². The Kier molecular flexibility index (Phi) is 6.24. The average Bonchev–Trinajstić information content (AvgIpc) is 2.41. The first kappa shape index (κ1) is 16.2. The predicted molar refractivity (Wildman–Crippen MR) is 75.4 cm³/mol. The van der Waals surface area contributed by atoms with Crippen LogP contribution in [0.5, 0.6) is 5.75 Å². The number of urea groups is 1. The molecule has 1 atom stereocenters. The van der Waals surface area contributed by atoms with Crippen molar-refractivity contribution in [1.29, 1.82) is 0 Å². The molecule has 0 aliphatic heterocycles. The summed E-state index contributed by atoms with van der Waals surface area (Å²) in [5.41, 5.74) is 0.0475. The van der Waals surface area contributed by atoms with E-state index in [9.17, 15) is 14.3 Å². The minimum atomic E-state index is -0.539. The number of anilines is 1. The summed E-state index contributed by atoms with van der Waals surface area (Å²) < 4.78 is 18.4. The number of hydrogen-bond donors (Lipinski definition) is 3. The van der Waals surface area contributed by atoms with Crippen LogP contribution in [-0.4, -0.2) is 30.9 Å². The number of rotatable bonds is 6. The molecule has 1 unspecified atom stereocenters. The fourth-order valence-electron chi connectivity index (χ4n) is 1.56. The fraction of sp³-hybridized carbons (Fsp3) is 0.500. The van der Waals surface area contributed by atoms with Crippen molar-refractivity contribution in [2.24, 2.45) is 5.92 Å². The van der Waals surface area contributed by atoms with Gasteiger partial charge in [-0.3, -0.25) is 0 Å².